The van der Waals surface area contributed by atoms with E-state index in [0.29, 0.717) is 10.9 Å². The van der Waals surface area contributed by atoms with Crippen LogP contribution in [-0.2, 0) is 11.8 Å². The average molecular weight is 321 g/mol. The number of carbonyl (C=O) groups excluding carboxylic acids is 1. The van der Waals surface area contributed by atoms with Crippen molar-refractivity contribution in [3.8, 4) is 11.5 Å². The fourth-order valence-electron chi connectivity index (χ4n) is 2.13. The number of fused-ring (bicyclic) bond motifs is 1. The second-order valence-corrected chi connectivity index (χ2v) is 4.68. The van der Waals surface area contributed by atoms with Gasteiger partial charge in [0.1, 0.15) is 5.75 Å². The maximum absolute atomic E-state index is 12.3. The van der Waals surface area contributed by atoms with Crippen LogP contribution < -0.4 is 20.3 Å². The molecular weight excluding hydrogens is 306 g/mol. The molecule has 2 rings (SSSR count). The molecule has 0 bridgehead atoms. The van der Waals surface area contributed by atoms with Gasteiger partial charge in [-0.3, -0.25) is 19.7 Å². The molecule has 0 aliphatic heterocycles. The molecule has 1 aromatic heterocycles. The molecule has 0 atom stereocenters. The molecule has 0 aliphatic carbocycles. The van der Waals surface area contributed by atoms with E-state index in [1.807, 2.05) is 0 Å². The van der Waals surface area contributed by atoms with Gasteiger partial charge in [-0.1, -0.05) is 0 Å². The van der Waals surface area contributed by atoms with Gasteiger partial charge in [0.05, 0.1) is 23.6 Å². The first-order valence-electron chi connectivity index (χ1n) is 6.58. The number of pyridine rings is 1. The summed E-state index contributed by atoms with van der Waals surface area (Å²) >= 11 is 0. The molecule has 0 unspecified atom stereocenters. The molecule has 0 aliphatic rings. The first-order valence-corrected chi connectivity index (χ1v) is 6.58. The number of non-ortho nitro benzene ring substituents is 1. The van der Waals surface area contributed by atoms with Gasteiger partial charge in [-0.05, 0) is 6.07 Å². The molecule has 1 amide bonds. The van der Waals surface area contributed by atoms with Crippen molar-refractivity contribution in [2.75, 3.05) is 20.8 Å². The quantitative estimate of drug-likeness (QED) is 0.636. The number of nitro benzene ring substituents is 1. The maximum Gasteiger partial charge on any atom is 0.293 e. The number of aryl methyl sites for hydroxylation is 1. The molecule has 9 heteroatoms. The lowest BCUT2D eigenvalue weighted by Crippen LogP contribution is -2.27. The molecule has 9 nitrogen and oxygen atoms in total. The molecule has 23 heavy (non-hydrogen) atoms. The zero-order chi connectivity index (χ0) is 17.1. The summed E-state index contributed by atoms with van der Waals surface area (Å²) in [6.07, 6.45) is 0. The van der Waals surface area contributed by atoms with E-state index in [-0.39, 0.29) is 23.8 Å². The molecule has 0 radical (unpaired) electrons. The van der Waals surface area contributed by atoms with E-state index in [4.69, 9.17) is 9.47 Å². The Morgan fingerprint density at radius 3 is 2.61 bits per heavy atom. The van der Waals surface area contributed by atoms with Gasteiger partial charge < -0.3 is 19.4 Å². The van der Waals surface area contributed by atoms with Crippen LogP contribution in [0.1, 0.15) is 0 Å². The predicted molar refractivity (Wildman–Crippen MR) is 82.0 cm³/mol. The molecule has 122 valence electrons. The van der Waals surface area contributed by atoms with Crippen molar-refractivity contribution in [1.29, 1.82) is 0 Å². The minimum Gasteiger partial charge on any atom is -0.494 e. The van der Waals surface area contributed by atoms with Gasteiger partial charge in [-0.25, -0.2) is 0 Å². The molecule has 0 fully saturated rings. The highest BCUT2D eigenvalue weighted by atomic mass is 16.6. The topological polar surface area (TPSA) is 113 Å². The van der Waals surface area contributed by atoms with Crippen LogP contribution in [0.4, 0.5) is 5.69 Å². The van der Waals surface area contributed by atoms with Gasteiger partial charge in [0.2, 0.25) is 0 Å². The standard InChI is InChI=1S/C14H15N3O6/c1-15-12(18)7-23-11-5-8-4-9(17(20)21)6-10(22-3)13(8)16(2)14(11)19/h4-6H,7H2,1-3H3,(H,15,18). The van der Waals surface area contributed by atoms with E-state index >= 15 is 0 Å². The van der Waals surface area contributed by atoms with Crippen molar-refractivity contribution in [2.24, 2.45) is 7.05 Å². The maximum atomic E-state index is 12.3. The normalized spacial score (nSPS) is 10.4. The van der Waals surface area contributed by atoms with Crippen molar-refractivity contribution >= 4 is 22.5 Å². The number of methoxy groups -OCH3 is 1. The van der Waals surface area contributed by atoms with E-state index < -0.39 is 16.4 Å². The Morgan fingerprint density at radius 2 is 2.04 bits per heavy atom. The number of nitro groups is 1. The van der Waals surface area contributed by atoms with Crippen LogP contribution in [-0.4, -0.2) is 36.2 Å². The van der Waals surface area contributed by atoms with Crippen LogP contribution in [0.25, 0.3) is 10.9 Å². The highest BCUT2D eigenvalue weighted by Gasteiger charge is 2.17. The third-order valence-electron chi connectivity index (χ3n) is 3.29. The third kappa shape index (κ3) is 3.07. The number of rotatable bonds is 5. The first-order chi connectivity index (χ1) is 10.9. The Bertz CT molecular complexity index is 843. The SMILES string of the molecule is CNC(=O)COc1cc2cc([N+](=O)[O-])cc(OC)c2n(C)c1=O. The molecule has 0 saturated heterocycles. The highest BCUT2D eigenvalue weighted by Crippen LogP contribution is 2.31. The Morgan fingerprint density at radius 1 is 1.35 bits per heavy atom. The Balaban J connectivity index is 2.65. The number of hydrogen-bond acceptors (Lipinski definition) is 6. The third-order valence-corrected chi connectivity index (χ3v) is 3.29. The lowest BCUT2D eigenvalue weighted by Gasteiger charge is -2.12. The van der Waals surface area contributed by atoms with Crippen molar-refractivity contribution < 1.29 is 19.2 Å². The molecule has 1 N–H and O–H groups in total. The van der Waals surface area contributed by atoms with Crippen LogP contribution in [0.2, 0.25) is 0 Å². The summed E-state index contributed by atoms with van der Waals surface area (Å²) in [7, 11) is 4.29. The van der Waals surface area contributed by atoms with Crippen molar-refractivity contribution in [2.45, 2.75) is 0 Å². The summed E-state index contributed by atoms with van der Waals surface area (Å²) < 4.78 is 11.6. The van der Waals surface area contributed by atoms with E-state index in [1.165, 1.54) is 44.0 Å². The molecular formula is C14H15N3O6. The van der Waals surface area contributed by atoms with Crippen molar-refractivity contribution in [1.82, 2.24) is 9.88 Å². The number of amides is 1. The van der Waals surface area contributed by atoms with Crippen LogP contribution in [0.5, 0.6) is 11.5 Å². The van der Waals surface area contributed by atoms with Gasteiger partial charge in [0, 0.05) is 25.5 Å². The van der Waals surface area contributed by atoms with E-state index in [2.05, 4.69) is 5.32 Å². The van der Waals surface area contributed by atoms with Gasteiger partial charge in [0.25, 0.3) is 17.2 Å². The average Bonchev–Trinajstić information content (AvgIpc) is 2.54. The summed E-state index contributed by atoms with van der Waals surface area (Å²) in [5, 5.41) is 13.8. The Hall–Kier alpha value is -3.10. The second-order valence-electron chi connectivity index (χ2n) is 4.68. The van der Waals surface area contributed by atoms with E-state index in [0.717, 1.165) is 0 Å². The summed E-state index contributed by atoms with van der Waals surface area (Å²) in [5.74, 6) is -0.276. The van der Waals surface area contributed by atoms with E-state index in [1.54, 1.807) is 0 Å². The second kappa shape index (κ2) is 6.34. The Kier molecular flexibility index (Phi) is 4.49. The van der Waals surface area contributed by atoms with Crippen LogP contribution in [0, 0.1) is 10.1 Å². The smallest absolute Gasteiger partial charge is 0.293 e. The lowest BCUT2D eigenvalue weighted by molar-refractivity contribution is -0.384. The van der Waals surface area contributed by atoms with Gasteiger partial charge in [-0.2, -0.15) is 0 Å². The largest absolute Gasteiger partial charge is 0.494 e. The number of ether oxygens (including phenoxy) is 2. The number of nitrogens with zero attached hydrogens (tertiary/aromatic N) is 2. The predicted octanol–water partition coefficient (Wildman–Crippen LogP) is 0.580. The van der Waals surface area contributed by atoms with Crippen molar-refractivity contribution in [3.63, 3.8) is 0 Å². The summed E-state index contributed by atoms with van der Waals surface area (Å²) in [6.45, 7) is -0.330. The van der Waals surface area contributed by atoms with Gasteiger partial charge >= 0.3 is 0 Å². The molecule has 1 aromatic carbocycles. The van der Waals surface area contributed by atoms with Crippen LogP contribution >= 0.6 is 0 Å². The number of hydrogen-bond donors (Lipinski definition) is 1. The van der Waals surface area contributed by atoms with Gasteiger partial charge in [0.15, 0.2) is 12.4 Å². The number of benzene rings is 1. The fraction of sp³-hybridized carbons (Fsp3) is 0.286. The zero-order valence-electron chi connectivity index (χ0n) is 12.8. The summed E-state index contributed by atoms with van der Waals surface area (Å²) in [4.78, 5) is 34.0. The number of likely N-dealkylation sites (N-methyl/N-ethyl adjacent to an activating group) is 1. The molecule has 0 saturated carbocycles. The summed E-state index contributed by atoms with van der Waals surface area (Å²) in [6, 6.07) is 3.91. The first kappa shape index (κ1) is 16.3. The number of carbonyl (C=O) groups is 1. The molecule has 2 aromatic rings. The molecule has 1 heterocycles. The monoisotopic (exact) mass is 321 g/mol. The van der Waals surface area contributed by atoms with Gasteiger partial charge in [-0.15, -0.1) is 0 Å². The number of aromatic nitrogens is 1. The van der Waals surface area contributed by atoms with E-state index in [9.17, 15) is 19.7 Å². The fourth-order valence-corrected chi connectivity index (χ4v) is 2.13. The number of nitrogens with one attached hydrogen (secondary N) is 1. The zero-order valence-corrected chi connectivity index (χ0v) is 12.8. The highest BCUT2D eigenvalue weighted by molar-refractivity contribution is 5.88. The van der Waals surface area contributed by atoms with Crippen molar-refractivity contribution in [3.05, 3.63) is 38.7 Å². The lowest BCUT2D eigenvalue weighted by atomic mass is 10.1. The molecule has 0 spiro atoms. The minimum atomic E-state index is -0.557. The minimum absolute atomic E-state index is 0.0776. The Labute approximate surface area is 130 Å². The van der Waals surface area contributed by atoms with Crippen LogP contribution in [0.3, 0.4) is 0 Å². The van der Waals surface area contributed by atoms with Crippen LogP contribution in [0.15, 0.2) is 23.0 Å². The summed E-state index contributed by atoms with van der Waals surface area (Å²) in [5.41, 5.74) is -0.255.